The number of benzene rings is 2. The third-order valence-corrected chi connectivity index (χ3v) is 5.49. The van der Waals surface area contributed by atoms with Gasteiger partial charge in [0.15, 0.2) is 0 Å². The van der Waals surface area contributed by atoms with Gasteiger partial charge in [0, 0.05) is 10.3 Å². The summed E-state index contributed by atoms with van der Waals surface area (Å²) in [4.78, 5) is 0. The second kappa shape index (κ2) is 8.93. The highest BCUT2D eigenvalue weighted by Crippen LogP contribution is 2.38. The monoisotopic (exact) mass is 452 g/mol. The fourth-order valence-corrected chi connectivity index (χ4v) is 4.65. The smallest absolute Gasteiger partial charge is 0.119 e. The summed E-state index contributed by atoms with van der Waals surface area (Å²) < 4.78 is 12.5. The molecule has 0 fully saturated rings. The summed E-state index contributed by atoms with van der Waals surface area (Å²) in [5, 5.41) is 0. The Kier molecular flexibility index (Phi) is 7.17. The minimum absolute atomic E-state index is 0.381. The van der Waals surface area contributed by atoms with Crippen LogP contribution in [0.15, 0.2) is 24.3 Å². The summed E-state index contributed by atoms with van der Waals surface area (Å²) in [5.41, 5.74) is 8.06. The molecule has 3 heteroatoms. The van der Waals surface area contributed by atoms with Crippen LogP contribution in [0.25, 0.3) is 0 Å². The highest BCUT2D eigenvalue weighted by atomic mass is 127. The van der Waals surface area contributed by atoms with Crippen molar-refractivity contribution in [2.24, 2.45) is 0 Å². The maximum Gasteiger partial charge on any atom is 0.119 e. The fraction of sp³-hybridized carbons (Fsp3) is 0.455. The molecule has 0 bridgehead atoms. The highest BCUT2D eigenvalue weighted by molar-refractivity contribution is 14.1. The zero-order valence-corrected chi connectivity index (χ0v) is 18.4. The van der Waals surface area contributed by atoms with Gasteiger partial charge < -0.3 is 9.47 Å². The number of rotatable bonds is 7. The standard InChI is InChI=1S/C22H29IO2/c1-7-24-18-9-14(3)21(15(4)10-18)20(13-23)22-16(5)11-19(25-8-2)12-17(22)6/h9-12,20H,7-8,13H2,1-6H3. The van der Waals surface area contributed by atoms with Crippen molar-refractivity contribution in [1.82, 2.24) is 0 Å². The molecule has 0 spiro atoms. The van der Waals surface area contributed by atoms with Crippen LogP contribution in [0.3, 0.4) is 0 Å². The number of aryl methyl sites for hydroxylation is 4. The normalized spacial score (nSPS) is 11.0. The molecule has 0 saturated carbocycles. The highest BCUT2D eigenvalue weighted by Gasteiger charge is 2.22. The Bertz CT molecular complexity index is 629. The van der Waals surface area contributed by atoms with Gasteiger partial charge in [-0.25, -0.2) is 0 Å². The van der Waals surface area contributed by atoms with Gasteiger partial charge in [-0.15, -0.1) is 0 Å². The van der Waals surface area contributed by atoms with E-state index >= 15 is 0 Å². The molecule has 2 aromatic rings. The molecule has 0 aromatic heterocycles. The van der Waals surface area contributed by atoms with E-state index < -0.39 is 0 Å². The molecule has 136 valence electrons. The first-order valence-corrected chi connectivity index (χ1v) is 10.5. The van der Waals surface area contributed by atoms with Crippen LogP contribution in [0.1, 0.15) is 53.1 Å². The number of alkyl halides is 1. The molecule has 0 amide bonds. The Morgan fingerprint density at radius 1 is 0.720 bits per heavy atom. The Morgan fingerprint density at radius 2 is 1.04 bits per heavy atom. The molecule has 2 rings (SSSR count). The van der Waals surface area contributed by atoms with Crippen molar-refractivity contribution in [1.29, 1.82) is 0 Å². The van der Waals surface area contributed by atoms with Crippen LogP contribution >= 0.6 is 22.6 Å². The SMILES string of the molecule is CCOc1cc(C)c(C(CI)c2c(C)cc(OCC)cc2C)c(C)c1. The molecule has 0 saturated heterocycles. The van der Waals surface area contributed by atoms with Crippen LogP contribution in [0, 0.1) is 27.7 Å². The van der Waals surface area contributed by atoms with Crippen molar-refractivity contribution in [3.05, 3.63) is 57.6 Å². The fourth-order valence-electron chi connectivity index (χ4n) is 3.77. The van der Waals surface area contributed by atoms with E-state index in [0.29, 0.717) is 19.1 Å². The van der Waals surface area contributed by atoms with E-state index in [0.717, 1.165) is 15.9 Å². The Balaban J connectivity index is 2.54. The van der Waals surface area contributed by atoms with Crippen molar-refractivity contribution < 1.29 is 9.47 Å². The van der Waals surface area contributed by atoms with Gasteiger partial charge in [-0.2, -0.15) is 0 Å². The average molecular weight is 452 g/mol. The van der Waals surface area contributed by atoms with Gasteiger partial charge in [0.05, 0.1) is 13.2 Å². The molecule has 0 atom stereocenters. The molecule has 0 N–H and O–H groups in total. The predicted molar refractivity (Wildman–Crippen MR) is 115 cm³/mol. The Labute approximate surface area is 166 Å². The van der Waals surface area contributed by atoms with E-state index in [1.54, 1.807) is 0 Å². The van der Waals surface area contributed by atoms with Crippen molar-refractivity contribution in [3.8, 4) is 11.5 Å². The summed E-state index contributed by atoms with van der Waals surface area (Å²) >= 11 is 2.51. The number of hydrogen-bond acceptors (Lipinski definition) is 2. The van der Waals surface area contributed by atoms with E-state index in [1.807, 2.05) is 13.8 Å². The minimum Gasteiger partial charge on any atom is -0.494 e. The molecule has 25 heavy (non-hydrogen) atoms. The zero-order chi connectivity index (χ0) is 18.6. The first-order valence-electron chi connectivity index (χ1n) is 8.96. The lowest BCUT2D eigenvalue weighted by atomic mass is 9.82. The maximum atomic E-state index is 5.71. The van der Waals surface area contributed by atoms with Gasteiger partial charge in [-0.1, -0.05) is 22.6 Å². The van der Waals surface area contributed by atoms with Gasteiger partial charge in [-0.05, 0) is 99.2 Å². The molecular weight excluding hydrogens is 423 g/mol. The van der Waals surface area contributed by atoms with Gasteiger partial charge in [0.1, 0.15) is 11.5 Å². The molecule has 2 nitrogen and oxygen atoms in total. The Morgan fingerprint density at radius 3 is 1.28 bits per heavy atom. The largest absolute Gasteiger partial charge is 0.494 e. The van der Waals surface area contributed by atoms with Gasteiger partial charge in [0.2, 0.25) is 0 Å². The molecule has 0 radical (unpaired) electrons. The van der Waals surface area contributed by atoms with Crippen LogP contribution in [-0.4, -0.2) is 17.6 Å². The topological polar surface area (TPSA) is 18.5 Å². The van der Waals surface area contributed by atoms with E-state index in [4.69, 9.17) is 9.47 Å². The summed E-state index contributed by atoms with van der Waals surface area (Å²) in [5.74, 6) is 2.31. The van der Waals surface area contributed by atoms with E-state index in [-0.39, 0.29) is 0 Å². The van der Waals surface area contributed by atoms with Crippen LogP contribution in [0.2, 0.25) is 0 Å². The number of hydrogen-bond donors (Lipinski definition) is 0. The first kappa shape index (κ1) is 20.1. The van der Waals surface area contributed by atoms with Crippen molar-refractivity contribution in [2.45, 2.75) is 47.5 Å². The second-order valence-electron chi connectivity index (χ2n) is 6.51. The van der Waals surface area contributed by atoms with E-state index in [1.165, 1.54) is 33.4 Å². The molecule has 2 aromatic carbocycles. The Hall–Kier alpha value is -1.23. The maximum absolute atomic E-state index is 5.71. The first-order chi connectivity index (χ1) is 11.9. The van der Waals surface area contributed by atoms with Crippen LogP contribution < -0.4 is 9.47 Å². The van der Waals surface area contributed by atoms with Gasteiger partial charge in [-0.3, -0.25) is 0 Å². The molecule has 0 aliphatic carbocycles. The summed E-state index contributed by atoms with van der Waals surface area (Å²) in [6.45, 7) is 14.2. The number of halogens is 1. The average Bonchev–Trinajstić information content (AvgIpc) is 2.52. The third kappa shape index (κ3) is 4.49. The molecule has 0 aliphatic rings. The summed E-state index contributed by atoms with van der Waals surface area (Å²) in [6.07, 6.45) is 0. The lowest BCUT2D eigenvalue weighted by Crippen LogP contribution is -2.11. The quantitative estimate of drug-likeness (QED) is 0.364. The van der Waals surface area contributed by atoms with Crippen LogP contribution in [0.5, 0.6) is 11.5 Å². The third-order valence-electron chi connectivity index (χ3n) is 4.61. The van der Waals surface area contributed by atoms with Crippen molar-refractivity contribution >= 4 is 22.6 Å². The lowest BCUT2D eigenvalue weighted by molar-refractivity contribution is 0.339. The predicted octanol–water partition coefficient (Wildman–Crippen LogP) is 6.28. The van der Waals surface area contributed by atoms with Crippen LogP contribution in [0.4, 0.5) is 0 Å². The lowest BCUT2D eigenvalue weighted by Gasteiger charge is -2.25. The van der Waals surface area contributed by atoms with Gasteiger partial charge in [0.25, 0.3) is 0 Å². The van der Waals surface area contributed by atoms with E-state index in [9.17, 15) is 0 Å². The molecular formula is C22H29IO2. The summed E-state index contributed by atoms with van der Waals surface area (Å²) in [7, 11) is 0. The zero-order valence-electron chi connectivity index (χ0n) is 16.2. The summed E-state index contributed by atoms with van der Waals surface area (Å²) in [6, 6.07) is 8.68. The van der Waals surface area contributed by atoms with Gasteiger partial charge >= 0.3 is 0 Å². The molecule has 0 heterocycles. The molecule has 0 unspecified atom stereocenters. The van der Waals surface area contributed by atoms with Crippen LogP contribution in [-0.2, 0) is 0 Å². The second-order valence-corrected chi connectivity index (χ2v) is 7.40. The molecule has 0 aliphatic heterocycles. The van der Waals surface area contributed by atoms with E-state index in [2.05, 4.69) is 74.6 Å². The van der Waals surface area contributed by atoms with Crippen molar-refractivity contribution in [2.75, 3.05) is 17.6 Å². The van der Waals surface area contributed by atoms with Crippen molar-refractivity contribution in [3.63, 3.8) is 0 Å². The minimum atomic E-state index is 0.381. The number of ether oxygens (including phenoxy) is 2.